The molecule has 2 aromatic rings. The monoisotopic (exact) mass is 227 g/mol. The summed E-state index contributed by atoms with van der Waals surface area (Å²) in [4.78, 5) is 11.2. The Morgan fingerprint density at radius 1 is 1.35 bits per heavy atom. The number of aromatic nitrogens is 4. The fourth-order valence-corrected chi connectivity index (χ4v) is 1.25. The van der Waals surface area contributed by atoms with Crippen molar-refractivity contribution in [2.24, 2.45) is 0 Å². The van der Waals surface area contributed by atoms with Crippen LogP contribution in [0.3, 0.4) is 0 Å². The Morgan fingerprint density at radius 2 is 2.12 bits per heavy atom. The van der Waals surface area contributed by atoms with Crippen LogP contribution in [0.4, 0.5) is 5.69 Å². The average molecular weight is 227 g/mol. The number of carbonyl (C=O) groups excluding carboxylic acids is 1. The SMILES string of the molecule is CC#CC(=O)Nc1ccc(-n2cnnn2)cc1. The van der Waals surface area contributed by atoms with Gasteiger partial charge in [0, 0.05) is 5.69 Å². The second-order valence-corrected chi connectivity index (χ2v) is 3.13. The predicted molar refractivity (Wildman–Crippen MR) is 61.2 cm³/mol. The number of nitrogens with zero attached hydrogens (tertiary/aromatic N) is 4. The van der Waals surface area contributed by atoms with Crippen LogP contribution in [0.5, 0.6) is 0 Å². The summed E-state index contributed by atoms with van der Waals surface area (Å²) in [6.07, 6.45) is 1.50. The van der Waals surface area contributed by atoms with E-state index in [1.807, 2.05) is 0 Å². The highest BCUT2D eigenvalue weighted by Gasteiger charge is 2.00. The molecule has 0 fully saturated rings. The van der Waals surface area contributed by atoms with E-state index in [4.69, 9.17) is 0 Å². The third-order valence-corrected chi connectivity index (χ3v) is 1.98. The van der Waals surface area contributed by atoms with E-state index in [1.54, 1.807) is 31.2 Å². The molecule has 0 aliphatic carbocycles. The first-order chi connectivity index (χ1) is 8.29. The largest absolute Gasteiger partial charge is 0.315 e. The van der Waals surface area contributed by atoms with E-state index >= 15 is 0 Å². The summed E-state index contributed by atoms with van der Waals surface area (Å²) in [5.41, 5.74) is 1.49. The van der Waals surface area contributed by atoms with Crippen LogP contribution < -0.4 is 5.32 Å². The first-order valence-electron chi connectivity index (χ1n) is 4.87. The summed E-state index contributed by atoms with van der Waals surface area (Å²) in [6.45, 7) is 1.61. The number of tetrazole rings is 1. The minimum atomic E-state index is -0.331. The van der Waals surface area contributed by atoms with Crippen molar-refractivity contribution in [3.8, 4) is 17.5 Å². The summed E-state index contributed by atoms with van der Waals surface area (Å²) in [6, 6.07) is 7.11. The summed E-state index contributed by atoms with van der Waals surface area (Å²) in [5, 5.41) is 13.5. The molecule has 0 aliphatic rings. The van der Waals surface area contributed by atoms with Gasteiger partial charge in [-0.1, -0.05) is 5.92 Å². The molecule has 17 heavy (non-hydrogen) atoms. The van der Waals surface area contributed by atoms with Crippen LogP contribution in [0.2, 0.25) is 0 Å². The van der Waals surface area contributed by atoms with E-state index in [2.05, 4.69) is 32.7 Å². The van der Waals surface area contributed by atoms with Crippen molar-refractivity contribution in [1.29, 1.82) is 0 Å². The van der Waals surface area contributed by atoms with Crippen molar-refractivity contribution in [3.05, 3.63) is 30.6 Å². The molecule has 0 aliphatic heterocycles. The van der Waals surface area contributed by atoms with Crippen LogP contribution in [-0.4, -0.2) is 26.1 Å². The maximum absolute atomic E-state index is 11.2. The minimum Gasteiger partial charge on any atom is -0.315 e. The number of rotatable bonds is 2. The van der Waals surface area contributed by atoms with Gasteiger partial charge in [0.15, 0.2) is 0 Å². The van der Waals surface area contributed by atoms with Gasteiger partial charge in [-0.15, -0.1) is 5.10 Å². The van der Waals surface area contributed by atoms with Crippen molar-refractivity contribution >= 4 is 11.6 Å². The molecule has 1 aromatic heterocycles. The van der Waals surface area contributed by atoms with Crippen molar-refractivity contribution in [2.45, 2.75) is 6.92 Å². The van der Waals surface area contributed by atoms with Crippen molar-refractivity contribution in [1.82, 2.24) is 20.2 Å². The van der Waals surface area contributed by atoms with E-state index < -0.39 is 0 Å². The maximum atomic E-state index is 11.2. The highest BCUT2D eigenvalue weighted by molar-refractivity contribution is 6.03. The molecule has 1 aromatic carbocycles. The van der Waals surface area contributed by atoms with Crippen LogP contribution >= 0.6 is 0 Å². The van der Waals surface area contributed by atoms with Crippen LogP contribution in [0, 0.1) is 11.8 Å². The topological polar surface area (TPSA) is 72.7 Å². The summed E-state index contributed by atoms with van der Waals surface area (Å²) < 4.78 is 1.53. The Hall–Kier alpha value is -2.68. The average Bonchev–Trinajstić information content (AvgIpc) is 2.84. The lowest BCUT2D eigenvalue weighted by molar-refractivity contribution is -0.111. The molecule has 6 heteroatoms. The molecule has 0 spiro atoms. The number of benzene rings is 1. The van der Waals surface area contributed by atoms with E-state index in [0.29, 0.717) is 5.69 Å². The van der Waals surface area contributed by atoms with Crippen molar-refractivity contribution in [3.63, 3.8) is 0 Å². The highest BCUT2D eigenvalue weighted by atomic mass is 16.1. The van der Waals surface area contributed by atoms with E-state index in [-0.39, 0.29) is 5.91 Å². The van der Waals surface area contributed by atoms with Crippen LogP contribution in [0.1, 0.15) is 6.92 Å². The van der Waals surface area contributed by atoms with Crippen LogP contribution in [0.25, 0.3) is 5.69 Å². The summed E-state index contributed by atoms with van der Waals surface area (Å²) >= 11 is 0. The number of anilines is 1. The molecule has 0 unspecified atom stereocenters. The van der Waals surface area contributed by atoms with Crippen LogP contribution in [0.15, 0.2) is 30.6 Å². The summed E-state index contributed by atoms with van der Waals surface area (Å²) in [5.74, 6) is 4.60. The molecule has 1 N–H and O–H groups in total. The Bertz CT molecular complexity index is 562. The molecule has 84 valence electrons. The lowest BCUT2D eigenvalue weighted by atomic mass is 10.3. The Morgan fingerprint density at radius 3 is 2.71 bits per heavy atom. The third kappa shape index (κ3) is 2.66. The minimum absolute atomic E-state index is 0.331. The number of nitrogens with one attached hydrogen (secondary N) is 1. The molecule has 0 saturated carbocycles. The zero-order chi connectivity index (χ0) is 12.1. The molecule has 0 bridgehead atoms. The molecule has 6 nitrogen and oxygen atoms in total. The number of amides is 1. The van der Waals surface area contributed by atoms with Gasteiger partial charge in [-0.3, -0.25) is 4.79 Å². The number of hydrogen-bond acceptors (Lipinski definition) is 4. The zero-order valence-electron chi connectivity index (χ0n) is 9.08. The molecule has 0 atom stereocenters. The van der Waals surface area contributed by atoms with Gasteiger partial charge in [0.2, 0.25) is 0 Å². The zero-order valence-corrected chi connectivity index (χ0v) is 9.08. The lowest BCUT2D eigenvalue weighted by Crippen LogP contribution is -2.08. The van der Waals surface area contributed by atoms with E-state index in [1.165, 1.54) is 11.0 Å². The maximum Gasteiger partial charge on any atom is 0.300 e. The number of hydrogen-bond donors (Lipinski definition) is 1. The first kappa shape index (κ1) is 10.8. The second kappa shape index (κ2) is 4.90. The van der Waals surface area contributed by atoms with Gasteiger partial charge in [0.25, 0.3) is 5.91 Å². The van der Waals surface area contributed by atoms with Gasteiger partial charge in [0.05, 0.1) is 5.69 Å². The molecular weight excluding hydrogens is 218 g/mol. The standard InChI is InChI=1S/C11H9N5O/c1-2-3-11(17)13-9-4-6-10(7-5-9)16-8-12-14-15-16/h4-8H,1H3,(H,13,17). The van der Waals surface area contributed by atoms with Gasteiger partial charge in [0.1, 0.15) is 6.33 Å². The van der Waals surface area contributed by atoms with Gasteiger partial charge >= 0.3 is 0 Å². The summed E-state index contributed by atoms with van der Waals surface area (Å²) in [7, 11) is 0. The Balaban J connectivity index is 2.13. The van der Waals surface area contributed by atoms with Crippen LogP contribution in [-0.2, 0) is 4.79 Å². The predicted octanol–water partition coefficient (Wildman–Crippen LogP) is 0.624. The Labute approximate surface area is 97.6 Å². The smallest absolute Gasteiger partial charge is 0.300 e. The second-order valence-electron chi connectivity index (χ2n) is 3.13. The number of carbonyl (C=O) groups is 1. The molecule has 1 heterocycles. The van der Waals surface area contributed by atoms with Gasteiger partial charge < -0.3 is 5.32 Å². The van der Waals surface area contributed by atoms with E-state index in [9.17, 15) is 4.79 Å². The molecule has 0 saturated heterocycles. The quantitative estimate of drug-likeness (QED) is 0.763. The normalized spacial score (nSPS) is 9.24. The van der Waals surface area contributed by atoms with Crippen molar-refractivity contribution in [2.75, 3.05) is 5.32 Å². The molecular formula is C11H9N5O. The van der Waals surface area contributed by atoms with Gasteiger partial charge in [-0.2, -0.15) is 0 Å². The molecule has 2 rings (SSSR count). The fourth-order valence-electron chi connectivity index (χ4n) is 1.25. The third-order valence-electron chi connectivity index (χ3n) is 1.98. The van der Waals surface area contributed by atoms with Crippen molar-refractivity contribution < 1.29 is 4.79 Å². The first-order valence-corrected chi connectivity index (χ1v) is 4.87. The Kier molecular flexibility index (Phi) is 3.12. The van der Waals surface area contributed by atoms with Gasteiger partial charge in [-0.25, -0.2) is 4.68 Å². The highest BCUT2D eigenvalue weighted by Crippen LogP contribution is 2.11. The van der Waals surface area contributed by atoms with E-state index in [0.717, 1.165) is 5.69 Å². The lowest BCUT2D eigenvalue weighted by Gasteiger charge is -2.02. The molecule has 0 radical (unpaired) electrons. The molecule has 1 amide bonds. The fraction of sp³-hybridized carbons (Fsp3) is 0.0909. The van der Waals surface area contributed by atoms with Gasteiger partial charge in [-0.05, 0) is 47.5 Å².